The lowest BCUT2D eigenvalue weighted by Crippen LogP contribution is -3.14. The average Bonchev–Trinajstić information content (AvgIpc) is 3.00. The van der Waals surface area contributed by atoms with Crippen LogP contribution in [0, 0.1) is 5.92 Å². The Hall–Kier alpha value is -1.44. The Kier molecular flexibility index (Phi) is 6.89. The maximum absolute atomic E-state index is 12.6. The number of thiophene rings is 1. The Morgan fingerprint density at radius 2 is 1.93 bits per heavy atom. The first kappa shape index (κ1) is 20.3. The topological polar surface area (TPSA) is 64.3 Å². The minimum atomic E-state index is -0.301. The van der Waals surface area contributed by atoms with Crippen molar-refractivity contribution in [1.29, 1.82) is 0 Å². The molecular weight excluding hydrogens is 362 g/mol. The van der Waals surface area contributed by atoms with Crippen molar-refractivity contribution in [1.82, 2.24) is 0 Å². The molecule has 0 saturated carbocycles. The molecule has 0 spiro atoms. The number of likely N-dealkylation sites (tertiary alicyclic amines) is 1. The standard InChI is InChI=1S/C20H31N3O3S/c1-4-22-11-8-15-16(12-22)27-19(18(15)20(25)26-5-2)21-17(24)13-23-9-6-14(3)7-10-23/h14H,4-13H2,1-3H3,(H,21,24)/p+2. The zero-order chi connectivity index (χ0) is 19.4. The van der Waals surface area contributed by atoms with Gasteiger partial charge in [-0.3, -0.25) is 4.79 Å². The van der Waals surface area contributed by atoms with E-state index in [-0.39, 0.29) is 11.9 Å². The highest BCUT2D eigenvalue weighted by molar-refractivity contribution is 7.17. The van der Waals surface area contributed by atoms with Crippen molar-refractivity contribution in [3.63, 3.8) is 0 Å². The quantitative estimate of drug-likeness (QED) is 0.601. The van der Waals surface area contributed by atoms with Gasteiger partial charge in [0.1, 0.15) is 11.5 Å². The smallest absolute Gasteiger partial charge is 0.341 e. The number of hydrogen-bond donors (Lipinski definition) is 3. The van der Waals surface area contributed by atoms with E-state index in [0.29, 0.717) is 23.7 Å². The molecule has 1 aromatic rings. The molecule has 1 amide bonds. The van der Waals surface area contributed by atoms with Crippen LogP contribution in [0.4, 0.5) is 5.00 Å². The lowest BCUT2D eigenvalue weighted by Gasteiger charge is -2.26. The summed E-state index contributed by atoms with van der Waals surface area (Å²) in [6.07, 6.45) is 3.23. The Morgan fingerprint density at radius 3 is 2.59 bits per heavy atom. The van der Waals surface area contributed by atoms with E-state index in [1.54, 1.807) is 11.3 Å². The van der Waals surface area contributed by atoms with Gasteiger partial charge in [-0.15, -0.1) is 11.3 Å². The summed E-state index contributed by atoms with van der Waals surface area (Å²) in [6.45, 7) is 12.2. The number of piperidine rings is 1. The van der Waals surface area contributed by atoms with Gasteiger partial charge in [-0.05, 0) is 38.2 Å². The third-order valence-corrected chi connectivity index (χ3v) is 7.00. The second-order valence-electron chi connectivity index (χ2n) is 7.87. The molecule has 3 N–H and O–H groups in total. The number of likely N-dealkylation sites (N-methyl/N-ethyl adjacent to an activating group) is 1. The fourth-order valence-corrected chi connectivity index (χ4v) is 5.41. The van der Waals surface area contributed by atoms with Crippen molar-refractivity contribution in [2.75, 3.05) is 44.6 Å². The van der Waals surface area contributed by atoms with E-state index in [1.807, 2.05) is 6.92 Å². The van der Waals surface area contributed by atoms with Crippen molar-refractivity contribution in [3.8, 4) is 0 Å². The molecule has 1 saturated heterocycles. The number of quaternary nitrogens is 2. The van der Waals surface area contributed by atoms with Gasteiger partial charge in [0.2, 0.25) is 0 Å². The molecule has 0 bridgehead atoms. The summed E-state index contributed by atoms with van der Waals surface area (Å²) in [6, 6.07) is 0. The van der Waals surface area contributed by atoms with E-state index >= 15 is 0 Å². The molecule has 3 rings (SSSR count). The van der Waals surface area contributed by atoms with E-state index in [0.717, 1.165) is 50.6 Å². The van der Waals surface area contributed by atoms with E-state index in [4.69, 9.17) is 4.74 Å². The zero-order valence-corrected chi connectivity index (χ0v) is 17.6. The molecular formula is C20H33N3O3S+2. The van der Waals surface area contributed by atoms with E-state index in [2.05, 4.69) is 19.2 Å². The number of ether oxygens (including phenoxy) is 1. The van der Waals surface area contributed by atoms with Crippen molar-refractivity contribution in [2.24, 2.45) is 5.92 Å². The number of carbonyl (C=O) groups excluding carboxylic acids is 2. The number of amides is 1. The molecule has 27 heavy (non-hydrogen) atoms. The number of carbonyl (C=O) groups is 2. The number of nitrogens with one attached hydrogen (secondary N) is 3. The summed E-state index contributed by atoms with van der Waals surface area (Å²) in [5.41, 5.74) is 1.69. The van der Waals surface area contributed by atoms with Gasteiger partial charge in [0.15, 0.2) is 6.54 Å². The third-order valence-electron chi connectivity index (χ3n) is 5.85. The largest absolute Gasteiger partial charge is 0.462 e. The van der Waals surface area contributed by atoms with Crippen LogP contribution in [0.1, 0.15) is 54.4 Å². The van der Waals surface area contributed by atoms with Crippen molar-refractivity contribution >= 4 is 28.2 Å². The molecule has 1 aromatic heterocycles. The van der Waals surface area contributed by atoms with Crippen LogP contribution in [0.3, 0.4) is 0 Å². The zero-order valence-electron chi connectivity index (χ0n) is 16.8. The molecule has 1 unspecified atom stereocenters. The second kappa shape index (κ2) is 9.17. The van der Waals surface area contributed by atoms with Gasteiger partial charge in [0.25, 0.3) is 5.91 Å². The summed E-state index contributed by atoms with van der Waals surface area (Å²) in [4.78, 5) is 29.3. The molecule has 150 valence electrons. The molecule has 6 nitrogen and oxygen atoms in total. The Labute approximate surface area is 165 Å². The minimum absolute atomic E-state index is 0.00314. The van der Waals surface area contributed by atoms with Gasteiger partial charge in [-0.2, -0.15) is 0 Å². The van der Waals surface area contributed by atoms with Crippen LogP contribution in [0.25, 0.3) is 0 Å². The summed E-state index contributed by atoms with van der Waals surface area (Å²) < 4.78 is 5.29. The molecule has 7 heteroatoms. The molecule has 0 aromatic carbocycles. The fraction of sp³-hybridized carbons (Fsp3) is 0.700. The van der Waals surface area contributed by atoms with E-state index in [9.17, 15) is 9.59 Å². The fourth-order valence-electron chi connectivity index (χ4n) is 4.09. The number of hydrogen-bond acceptors (Lipinski definition) is 4. The summed E-state index contributed by atoms with van der Waals surface area (Å²) in [5, 5.41) is 3.73. The predicted molar refractivity (Wildman–Crippen MR) is 107 cm³/mol. The third kappa shape index (κ3) is 4.89. The molecule has 1 fully saturated rings. The van der Waals surface area contributed by atoms with Crippen molar-refractivity contribution in [2.45, 2.75) is 46.6 Å². The van der Waals surface area contributed by atoms with Gasteiger partial charge in [-0.25, -0.2) is 4.79 Å². The van der Waals surface area contributed by atoms with Crippen LogP contribution in [0.5, 0.6) is 0 Å². The molecule has 0 aliphatic carbocycles. The van der Waals surface area contributed by atoms with Crippen LogP contribution in [0.15, 0.2) is 0 Å². The first-order valence-corrected chi connectivity index (χ1v) is 11.1. The van der Waals surface area contributed by atoms with Gasteiger partial charge >= 0.3 is 5.97 Å². The molecule has 2 aliphatic rings. The Bertz CT molecular complexity index is 680. The van der Waals surface area contributed by atoms with Crippen LogP contribution < -0.4 is 15.1 Å². The van der Waals surface area contributed by atoms with Gasteiger partial charge in [0.05, 0.1) is 43.2 Å². The first-order chi connectivity index (χ1) is 13.0. The number of anilines is 1. The van der Waals surface area contributed by atoms with Crippen LogP contribution in [-0.4, -0.2) is 51.2 Å². The van der Waals surface area contributed by atoms with Crippen LogP contribution >= 0.6 is 11.3 Å². The normalized spacial score (nSPS) is 24.9. The predicted octanol–water partition coefficient (Wildman–Crippen LogP) is 0.139. The first-order valence-electron chi connectivity index (χ1n) is 10.3. The molecule has 0 radical (unpaired) electrons. The molecule has 2 aliphatic heterocycles. The van der Waals surface area contributed by atoms with Gasteiger partial charge < -0.3 is 19.9 Å². The number of rotatable bonds is 6. The SMILES string of the molecule is CCOC(=O)c1c(NC(=O)C[NH+]2CCC(C)CC2)sc2c1CC[NH+](CC)C2. The highest BCUT2D eigenvalue weighted by atomic mass is 32.1. The van der Waals surface area contributed by atoms with Gasteiger partial charge in [0, 0.05) is 6.42 Å². The highest BCUT2D eigenvalue weighted by Gasteiger charge is 2.31. The van der Waals surface area contributed by atoms with Crippen molar-refractivity contribution in [3.05, 3.63) is 16.0 Å². The number of esters is 1. The molecule has 1 atom stereocenters. The Morgan fingerprint density at radius 1 is 1.19 bits per heavy atom. The summed E-state index contributed by atoms with van der Waals surface area (Å²) >= 11 is 1.56. The van der Waals surface area contributed by atoms with E-state index < -0.39 is 0 Å². The van der Waals surface area contributed by atoms with Crippen molar-refractivity contribution < 1.29 is 24.1 Å². The number of fused-ring (bicyclic) bond motifs is 1. The molecule has 3 heterocycles. The highest BCUT2D eigenvalue weighted by Crippen LogP contribution is 2.35. The van der Waals surface area contributed by atoms with Crippen LogP contribution in [-0.2, 0) is 22.5 Å². The monoisotopic (exact) mass is 395 g/mol. The summed E-state index contributed by atoms with van der Waals surface area (Å²) in [5.74, 6) is 0.466. The van der Waals surface area contributed by atoms with Gasteiger partial charge in [-0.1, -0.05) is 6.92 Å². The lowest BCUT2D eigenvalue weighted by atomic mass is 9.99. The lowest BCUT2D eigenvalue weighted by molar-refractivity contribution is -0.913. The Balaban J connectivity index is 1.74. The second-order valence-corrected chi connectivity index (χ2v) is 8.97. The van der Waals surface area contributed by atoms with E-state index in [1.165, 1.54) is 27.5 Å². The average molecular weight is 396 g/mol. The maximum atomic E-state index is 12.6. The minimum Gasteiger partial charge on any atom is -0.462 e. The maximum Gasteiger partial charge on any atom is 0.341 e. The summed E-state index contributed by atoms with van der Waals surface area (Å²) in [7, 11) is 0. The van der Waals surface area contributed by atoms with Crippen LogP contribution in [0.2, 0.25) is 0 Å².